The molecule has 0 saturated carbocycles. The van der Waals surface area contributed by atoms with Crippen LogP contribution in [0.5, 0.6) is 0 Å². The van der Waals surface area contributed by atoms with Crippen molar-refractivity contribution in [1.29, 1.82) is 0 Å². The molecule has 2 N–H and O–H groups in total. The van der Waals surface area contributed by atoms with Gasteiger partial charge in [-0.2, -0.15) is 0 Å². The lowest BCUT2D eigenvalue weighted by atomic mass is 9.95. The third kappa shape index (κ3) is 2.65. The van der Waals surface area contributed by atoms with Crippen LogP contribution < -0.4 is 5.32 Å². The minimum absolute atomic E-state index is 0.0606. The summed E-state index contributed by atoms with van der Waals surface area (Å²) >= 11 is 0. The summed E-state index contributed by atoms with van der Waals surface area (Å²) < 4.78 is 28.4. The van der Waals surface area contributed by atoms with Crippen molar-refractivity contribution in [2.75, 3.05) is 12.4 Å². The number of ether oxygens (including phenoxy) is 1. The van der Waals surface area contributed by atoms with Crippen LogP contribution in [-0.4, -0.2) is 64.7 Å². The number of carboxylic acid groups (broad SMARTS) is 1. The molecule has 2 aliphatic rings. The average Bonchev–Trinajstić information content (AvgIpc) is 2.73. The first-order chi connectivity index (χ1) is 12.5. The first-order valence-electron chi connectivity index (χ1n) is 7.84. The van der Waals surface area contributed by atoms with Crippen LogP contribution in [0.1, 0.15) is 19.5 Å². The van der Waals surface area contributed by atoms with E-state index in [1.807, 2.05) is 0 Å². The average molecular weight is 395 g/mol. The number of carbonyl (C=O) groups is 3. The molecule has 0 spiro atoms. The summed E-state index contributed by atoms with van der Waals surface area (Å²) in [5.41, 5.74) is 0.513. The Bertz CT molecular complexity index is 983. The number of nitrogens with one attached hydrogen (secondary N) is 1. The van der Waals surface area contributed by atoms with Crippen LogP contribution in [0, 0.1) is 0 Å². The standard InChI is InChI=1S/C16H17N3O7S/c1-16(2)11(14(21)22)19-12(20)10(13(19)27(16,24)25)7-9-6-8(4-5-17-9)18-15(23)26-3/h4-7,11,13H,1-3H3,(H,21,22)(H,17,18,23)/b10-7+/t11-,13+/m0/s1. The molecule has 27 heavy (non-hydrogen) atoms. The van der Waals surface area contributed by atoms with Crippen molar-refractivity contribution >= 4 is 39.6 Å². The van der Waals surface area contributed by atoms with Gasteiger partial charge in [-0.1, -0.05) is 0 Å². The number of pyridine rings is 1. The van der Waals surface area contributed by atoms with E-state index in [1.165, 1.54) is 45.4 Å². The van der Waals surface area contributed by atoms with Crippen molar-refractivity contribution in [2.24, 2.45) is 0 Å². The lowest BCUT2D eigenvalue weighted by Gasteiger charge is -2.37. The van der Waals surface area contributed by atoms with Crippen molar-refractivity contribution in [2.45, 2.75) is 30.0 Å². The maximum Gasteiger partial charge on any atom is 0.411 e. The second-order valence-electron chi connectivity index (χ2n) is 6.64. The van der Waals surface area contributed by atoms with Crippen molar-refractivity contribution in [3.05, 3.63) is 29.6 Å². The third-order valence-electron chi connectivity index (χ3n) is 4.71. The lowest BCUT2D eigenvalue weighted by molar-refractivity contribution is -0.152. The smallest absolute Gasteiger partial charge is 0.411 e. The third-order valence-corrected chi connectivity index (χ3v) is 7.47. The van der Waals surface area contributed by atoms with Gasteiger partial charge in [0.2, 0.25) is 0 Å². The van der Waals surface area contributed by atoms with E-state index in [0.29, 0.717) is 5.69 Å². The minimum atomic E-state index is -3.96. The summed E-state index contributed by atoms with van der Waals surface area (Å²) in [6.07, 6.45) is 1.95. The van der Waals surface area contributed by atoms with E-state index < -0.39 is 44.0 Å². The van der Waals surface area contributed by atoms with E-state index in [2.05, 4.69) is 15.0 Å². The molecule has 0 aromatic carbocycles. The molecule has 0 radical (unpaired) electrons. The highest BCUT2D eigenvalue weighted by atomic mass is 32.2. The first kappa shape index (κ1) is 18.8. The maximum atomic E-state index is 12.8. The van der Waals surface area contributed by atoms with Gasteiger partial charge in [-0.05, 0) is 32.1 Å². The summed E-state index contributed by atoms with van der Waals surface area (Å²) in [6.45, 7) is 2.59. The Labute approximate surface area is 154 Å². The number of amides is 2. The summed E-state index contributed by atoms with van der Waals surface area (Å²) in [5.74, 6) is -2.05. The minimum Gasteiger partial charge on any atom is -0.480 e. The number of hydrogen-bond donors (Lipinski definition) is 2. The number of sulfone groups is 1. The monoisotopic (exact) mass is 395 g/mol. The number of hydrogen-bond acceptors (Lipinski definition) is 7. The molecule has 3 heterocycles. The topological polar surface area (TPSA) is 143 Å². The SMILES string of the molecule is COC(=O)Nc1ccnc(/C=C2\C(=O)N3[C@@H](C(=O)O)C(C)(C)S(=O)(=O)[C@H]23)c1. The fraction of sp³-hybridized carbons (Fsp3) is 0.375. The molecular weight excluding hydrogens is 378 g/mol. The Balaban J connectivity index is 1.99. The largest absolute Gasteiger partial charge is 0.480 e. The van der Waals surface area contributed by atoms with Gasteiger partial charge in [0, 0.05) is 11.9 Å². The summed E-state index contributed by atoms with van der Waals surface area (Å²) in [6, 6.07) is 1.46. The van der Waals surface area contributed by atoms with Crippen LogP contribution in [0.25, 0.3) is 6.08 Å². The Morgan fingerprint density at radius 2 is 2.07 bits per heavy atom. The van der Waals surface area contributed by atoms with Crippen LogP contribution in [-0.2, 0) is 24.2 Å². The summed E-state index contributed by atoms with van der Waals surface area (Å²) in [7, 11) is -2.76. The van der Waals surface area contributed by atoms with Crippen LogP contribution in [0.3, 0.4) is 0 Å². The molecule has 144 valence electrons. The highest BCUT2D eigenvalue weighted by Crippen LogP contribution is 2.48. The lowest BCUT2D eigenvalue weighted by Crippen LogP contribution is -2.58. The quantitative estimate of drug-likeness (QED) is 0.555. The van der Waals surface area contributed by atoms with Gasteiger partial charge < -0.3 is 14.7 Å². The van der Waals surface area contributed by atoms with Crippen LogP contribution in [0.15, 0.2) is 23.9 Å². The molecule has 2 atom stereocenters. The number of fused-ring (bicyclic) bond motifs is 1. The highest BCUT2D eigenvalue weighted by molar-refractivity contribution is 7.94. The first-order valence-corrected chi connectivity index (χ1v) is 9.38. The number of rotatable bonds is 3. The fourth-order valence-corrected chi connectivity index (χ4v) is 5.40. The summed E-state index contributed by atoms with van der Waals surface area (Å²) in [5, 5.41) is 10.5. The van der Waals surface area contributed by atoms with E-state index in [0.717, 1.165) is 4.90 Å². The maximum absolute atomic E-state index is 12.8. The Kier molecular flexibility index (Phi) is 4.22. The predicted octanol–water partition coefficient (Wildman–Crippen LogP) is 0.472. The van der Waals surface area contributed by atoms with Gasteiger partial charge >= 0.3 is 12.1 Å². The van der Waals surface area contributed by atoms with E-state index in [1.54, 1.807) is 0 Å². The van der Waals surface area contributed by atoms with Crippen molar-refractivity contribution in [3.8, 4) is 0 Å². The molecule has 3 rings (SSSR count). The van der Waals surface area contributed by atoms with E-state index in [9.17, 15) is 27.9 Å². The number of nitrogens with zero attached hydrogens (tertiary/aromatic N) is 2. The second-order valence-corrected chi connectivity index (χ2v) is 9.23. The zero-order chi connectivity index (χ0) is 20.1. The number of aromatic nitrogens is 1. The number of β-lactam (4-membered cyclic amide) rings is 1. The van der Waals surface area contributed by atoms with Crippen molar-refractivity contribution in [3.63, 3.8) is 0 Å². The van der Waals surface area contributed by atoms with Crippen LogP contribution >= 0.6 is 0 Å². The van der Waals surface area contributed by atoms with Crippen molar-refractivity contribution in [1.82, 2.24) is 9.88 Å². The molecule has 0 bridgehead atoms. The van der Waals surface area contributed by atoms with Crippen LogP contribution in [0.4, 0.5) is 10.5 Å². The molecule has 2 amide bonds. The number of aliphatic carboxylic acids is 1. The van der Waals surface area contributed by atoms with E-state index >= 15 is 0 Å². The number of carboxylic acids is 1. The highest BCUT2D eigenvalue weighted by Gasteiger charge is 2.70. The Morgan fingerprint density at radius 3 is 2.67 bits per heavy atom. The normalized spacial score (nSPS) is 26.3. The molecular formula is C16H17N3O7S. The van der Waals surface area contributed by atoms with Gasteiger partial charge in [0.05, 0.1) is 18.4 Å². The van der Waals surface area contributed by atoms with Crippen molar-refractivity contribution < 1.29 is 32.6 Å². The second kappa shape index (κ2) is 6.05. The molecule has 2 fully saturated rings. The van der Waals surface area contributed by atoms with E-state index in [4.69, 9.17) is 0 Å². The van der Waals surface area contributed by atoms with Gasteiger partial charge in [0.15, 0.2) is 21.3 Å². The fourth-order valence-electron chi connectivity index (χ4n) is 3.28. The molecule has 2 saturated heterocycles. The molecule has 10 nitrogen and oxygen atoms in total. The molecule has 11 heteroatoms. The molecule has 1 aromatic rings. The predicted molar refractivity (Wildman–Crippen MR) is 93.3 cm³/mol. The Hall–Kier alpha value is -2.95. The zero-order valence-corrected chi connectivity index (χ0v) is 15.5. The van der Waals surface area contributed by atoms with Gasteiger partial charge in [-0.25, -0.2) is 18.0 Å². The Morgan fingerprint density at radius 1 is 1.41 bits per heavy atom. The molecule has 1 aromatic heterocycles. The molecule has 0 aliphatic carbocycles. The molecule has 0 unspecified atom stereocenters. The van der Waals surface area contributed by atoms with Gasteiger partial charge in [-0.15, -0.1) is 0 Å². The molecule has 2 aliphatic heterocycles. The van der Waals surface area contributed by atoms with Gasteiger partial charge in [0.1, 0.15) is 4.75 Å². The van der Waals surface area contributed by atoms with E-state index in [-0.39, 0.29) is 11.3 Å². The van der Waals surface area contributed by atoms with Crippen LogP contribution in [0.2, 0.25) is 0 Å². The number of carbonyl (C=O) groups excluding carboxylic acids is 2. The number of anilines is 1. The van der Waals surface area contributed by atoms with Gasteiger partial charge in [0.25, 0.3) is 5.91 Å². The van der Waals surface area contributed by atoms with Gasteiger partial charge in [-0.3, -0.25) is 15.1 Å². The number of methoxy groups -OCH3 is 1. The summed E-state index contributed by atoms with van der Waals surface area (Å²) in [4.78, 5) is 40.2. The zero-order valence-electron chi connectivity index (χ0n) is 14.7.